The third-order valence-electron chi connectivity index (χ3n) is 3.76. The lowest BCUT2D eigenvalue weighted by atomic mass is 9.77. The van der Waals surface area contributed by atoms with Gasteiger partial charge in [0.1, 0.15) is 0 Å². The topological polar surface area (TPSA) is 38.0 Å². The summed E-state index contributed by atoms with van der Waals surface area (Å²) in [5.74, 6) is 4.31. The lowest BCUT2D eigenvalue weighted by Crippen LogP contribution is -2.38. The van der Waals surface area contributed by atoms with Crippen molar-refractivity contribution < 1.29 is 13.2 Å². The van der Waals surface area contributed by atoms with E-state index in [-0.39, 0.29) is 24.8 Å². The summed E-state index contributed by atoms with van der Waals surface area (Å²) < 4.78 is 39.4. The van der Waals surface area contributed by atoms with E-state index < -0.39 is 12.1 Å². The number of alkyl halides is 3. The van der Waals surface area contributed by atoms with Gasteiger partial charge < -0.3 is 0 Å². The van der Waals surface area contributed by atoms with Crippen molar-refractivity contribution in [2.24, 2.45) is 17.7 Å². The summed E-state index contributed by atoms with van der Waals surface area (Å²) >= 11 is 4.94. The van der Waals surface area contributed by atoms with E-state index in [0.29, 0.717) is 6.42 Å². The molecule has 1 saturated carbocycles. The largest absolute Gasteiger partial charge is 0.391 e. The van der Waals surface area contributed by atoms with E-state index in [1.807, 2.05) is 11.4 Å². The van der Waals surface area contributed by atoms with Crippen molar-refractivity contribution in [3.8, 4) is 0 Å². The molecular formula is C12H16BrF3N2S. The Morgan fingerprint density at radius 3 is 2.68 bits per heavy atom. The van der Waals surface area contributed by atoms with Crippen molar-refractivity contribution >= 4 is 27.3 Å². The Kier molecular flexibility index (Phi) is 4.92. The molecule has 108 valence electrons. The van der Waals surface area contributed by atoms with E-state index in [4.69, 9.17) is 5.84 Å². The summed E-state index contributed by atoms with van der Waals surface area (Å²) in [6.07, 6.45) is -2.31. The summed E-state index contributed by atoms with van der Waals surface area (Å²) in [6, 6.07) is 1.69. The van der Waals surface area contributed by atoms with Crippen LogP contribution in [0.1, 0.15) is 36.6 Å². The Labute approximate surface area is 122 Å². The van der Waals surface area contributed by atoms with Crippen LogP contribution < -0.4 is 11.3 Å². The van der Waals surface area contributed by atoms with Crippen molar-refractivity contribution in [1.29, 1.82) is 0 Å². The van der Waals surface area contributed by atoms with Crippen LogP contribution in [0.25, 0.3) is 0 Å². The van der Waals surface area contributed by atoms with Gasteiger partial charge in [-0.05, 0) is 52.6 Å². The van der Waals surface area contributed by atoms with Crippen LogP contribution in [-0.4, -0.2) is 6.18 Å². The van der Waals surface area contributed by atoms with Gasteiger partial charge in [0.15, 0.2) is 0 Å². The molecule has 0 radical (unpaired) electrons. The summed E-state index contributed by atoms with van der Waals surface area (Å²) in [4.78, 5) is 0.982. The number of hydrogen-bond donors (Lipinski definition) is 2. The summed E-state index contributed by atoms with van der Waals surface area (Å²) in [5, 5.41) is 1.91. The second-order valence-electron chi connectivity index (χ2n) is 4.94. The molecule has 0 aromatic carbocycles. The second-order valence-corrected chi connectivity index (χ2v) is 6.74. The van der Waals surface area contributed by atoms with Gasteiger partial charge in [0.05, 0.1) is 12.0 Å². The molecule has 0 saturated heterocycles. The molecule has 3 atom stereocenters. The molecule has 1 fully saturated rings. The molecule has 7 heteroatoms. The smallest absolute Gasteiger partial charge is 0.271 e. The Morgan fingerprint density at radius 1 is 1.42 bits per heavy atom. The molecule has 1 heterocycles. The van der Waals surface area contributed by atoms with E-state index in [2.05, 4.69) is 21.4 Å². The van der Waals surface area contributed by atoms with E-state index in [1.165, 1.54) is 11.3 Å². The first-order valence-electron chi connectivity index (χ1n) is 6.19. The van der Waals surface area contributed by atoms with E-state index in [1.54, 1.807) is 0 Å². The number of hydrogen-bond acceptors (Lipinski definition) is 3. The first kappa shape index (κ1) is 15.3. The SMILES string of the molecule is NNC(c1sccc1Br)C1CCCC(C(F)(F)F)C1. The second kappa shape index (κ2) is 6.11. The Hall–Kier alpha value is -0.110. The number of hydrazine groups is 1. The van der Waals surface area contributed by atoms with Gasteiger partial charge >= 0.3 is 6.18 Å². The number of nitrogens with two attached hydrogens (primary N) is 1. The van der Waals surface area contributed by atoms with Gasteiger partial charge in [-0.2, -0.15) is 13.2 Å². The van der Waals surface area contributed by atoms with Crippen LogP contribution in [0.15, 0.2) is 15.9 Å². The molecule has 0 bridgehead atoms. The molecule has 1 aromatic heterocycles. The lowest BCUT2D eigenvalue weighted by molar-refractivity contribution is -0.186. The van der Waals surface area contributed by atoms with Crippen LogP contribution in [0, 0.1) is 11.8 Å². The van der Waals surface area contributed by atoms with Gasteiger partial charge in [-0.3, -0.25) is 11.3 Å². The van der Waals surface area contributed by atoms with Crippen LogP contribution in [0.5, 0.6) is 0 Å². The van der Waals surface area contributed by atoms with Crippen LogP contribution in [0.3, 0.4) is 0 Å². The normalized spacial score (nSPS) is 26.4. The Morgan fingerprint density at radius 2 is 2.16 bits per heavy atom. The van der Waals surface area contributed by atoms with E-state index in [0.717, 1.165) is 15.8 Å². The quantitative estimate of drug-likeness (QED) is 0.622. The summed E-state index contributed by atoms with van der Waals surface area (Å²) in [5.41, 5.74) is 2.70. The highest BCUT2D eigenvalue weighted by molar-refractivity contribution is 9.10. The van der Waals surface area contributed by atoms with Crippen LogP contribution in [-0.2, 0) is 0 Å². The average Bonchev–Trinajstić information content (AvgIpc) is 2.76. The van der Waals surface area contributed by atoms with Gasteiger partial charge in [0, 0.05) is 9.35 Å². The maximum absolute atomic E-state index is 12.8. The third-order valence-corrected chi connectivity index (χ3v) is 5.71. The van der Waals surface area contributed by atoms with Gasteiger partial charge in [0.2, 0.25) is 0 Å². The lowest BCUT2D eigenvalue weighted by Gasteiger charge is -2.34. The predicted molar refractivity (Wildman–Crippen MR) is 73.6 cm³/mol. The van der Waals surface area contributed by atoms with Gasteiger partial charge in [-0.25, -0.2) is 0 Å². The standard InChI is InChI=1S/C12H16BrF3N2S/c13-9-4-5-19-11(9)10(18-17)7-2-1-3-8(6-7)12(14,15)16/h4-5,7-8,10,18H,1-3,6,17H2. The van der Waals surface area contributed by atoms with Gasteiger partial charge in [-0.1, -0.05) is 6.42 Å². The fourth-order valence-corrected chi connectivity index (χ4v) is 4.55. The Balaban J connectivity index is 2.13. The van der Waals surface area contributed by atoms with Crippen molar-refractivity contribution in [2.75, 3.05) is 0 Å². The molecule has 0 aliphatic heterocycles. The molecule has 3 unspecified atom stereocenters. The monoisotopic (exact) mass is 356 g/mol. The van der Waals surface area contributed by atoms with Gasteiger partial charge in [0.25, 0.3) is 0 Å². The zero-order valence-corrected chi connectivity index (χ0v) is 12.6. The minimum absolute atomic E-state index is 0.0691. The molecule has 19 heavy (non-hydrogen) atoms. The van der Waals surface area contributed by atoms with Crippen LogP contribution in [0.2, 0.25) is 0 Å². The summed E-state index contributed by atoms with van der Waals surface area (Å²) in [6.45, 7) is 0. The van der Waals surface area contributed by atoms with Crippen LogP contribution >= 0.6 is 27.3 Å². The molecule has 2 nitrogen and oxygen atoms in total. The third kappa shape index (κ3) is 3.51. The highest BCUT2D eigenvalue weighted by atomic mass is 79.9. The molecule has 1 aliphatic carbocycles. The Bertz CT molecular complexity index is 421. The highest BCUT2D eigenvalue weighted by Gasteiger charge is 2.43. The van der Waals surface area contributed by atoms with Crippen molar-refractivity contribution in [2.45, 2.75) is 37.9 Å². The molecule has 3 N–H and O–H groups in total. The maximum atomic E-state index is 12.8. The number of rotatable bonds is 3. The summed E-state index contributed by atoms with van der Waals surface area (Å²) in [7, 11) is 0. The minimum atomic E-state index is -4.09. The number of nitrogens with one attached hydrogen (secondary N) is 1. The molecular weight excluding hydrogens is 341 g/mol. The first-order chi connectivity index (χ1) is 8.93. The predicted octanol–water partition coefficient (Wildman–Crippen LogP) is 4.38. The van der Waals surface area contributed by atoms with Crippen LogP contribution in [0.4, 0.5) is 13.2 Å². The minimum Gasteiger partial charge on any atom is -0.271 e. The van der Waals surface area contributed by atoms with E-state index >= 15 is 0 Å². The average molecular weight is 357 g/mol. The molecule has 2 rings (SSSR count). The van der Waals surface area contributed by atoms with Gasteiger partial charge in [-0.15, -0.1) is 11.3 Å². The molecule has 1 aliphatic rings. The zero-order valence-electron chi connectivity index (χ0n) is 10.2. The van der Waals surface area contributed by atoms with Crippen molar-refractivity contribution in [3.63, 3.8) is 0 Å². The zero-order chi connectivity index (χ0) is 14.0. The fraction of sp³-hybridized carbons (Fsp3) is 0.667. The molecule has 1 aromatic rings. The molecule has 0 spiro atoms. The highest BCUT2D eigenvalue weighted by Crippen LogP contribution is 2.45. The number of halogens is 4. The van der Waals surface area contributed by atoms with Crippen molar-refractivity contribution in [1.82, 2.24) is 5.43 Å². The number of thiophene rings is 1. The van der Waals surface area contributed by atoms with E-state index in [9.17, 15) is 13.2 Å². The first-order valence-corrected chi connectivity index (χ1v) is 7.86. The van der Waals surface area contributed by atoms with Crippen molar-refractivity contribution in [3.05, 3.63) is 20.8 Å². The molecule has 0 amide bonds. The fourth-order valence-electron chi connectivity index (χ4n) is 2.78. The maximum Gasteiger partial charge on any atom is 0.391 e.